The van der Waals surface area contributed by atoms with Crippen LogP contribution in [0.4, 0.5) is 14.5 Å². The largest absolute Gasteiger partial charge is 0.493 e. The van der Waals surface area contributed by atoms with E-state index in [0.717, 1.165) is 12.8 Å². The van der Waals surface area contributed by atoms with Gasteiger partial charge in [-0.1, -0.05) is 23.2 Å². The third-order valence-electron chi connectivity index (χ3n) is 3.64. The second-order valence-electron chi connectivity index (χ2n) is 5.76. The van der Waals surface area contributed by atoms with Gasteiger partial charge in [0.15, 0.2) is 0 Å². The first-order valence-corrected chi connectivity index (χ1v) is 8.51. The van der Waals surface area contributed by atoms with E-state index in [1.807, 2.05) is 0 Å². The molecular weight excluding hydrogens is 389 g/mol. The van der Waals surface area contributed by atoms with Crippen molar-refractivity contribution in [2.75, 3.05) is 11.9 Å². The van der Waals surface area contributed by atoms with Gasteiger partial charge in [-0.2, -0.15) is 8.78 Å². The molecule has 0 saturated heterocycles. The summed E-state index contributed by atoms with van der Waals surface area (Å²) in [6.45, 7) is -2.56. The molecule has 1 amide bonds. The van der Waals surface area contributed by atoms with Gasteiger partial charge in [0.25, 0.3) is 5.91 Å². The molecule has 1 saturated carbocycles. The maximum Gasteiger partial charge on any atom is 0.387 e. The van der Waals surface area contributed by atoms with Gasteiger partial charge in [0.2, 0.25) is 0 Å². The summed E-state index contributed by atoms with van der Waals surface area (Å²) in [6, 6.07) is 3.95. The van der Waals surface area contributed by atoms with Gasteiger partial charge in [0, 0.05) is 24.0 Å². The number of nitrogens with one attached hydrogen (secondary N) is 1. The van der Waals surface area contributed by atoms with Crippen LogP contribution in [0.15, 0.2) is 30.6 Å². The lowest BCUT2D eigenvalue weighted by Crippen LogP contribution is -2.14. The first-order valence-electron chi connectivity index (χ1n) is 7.75. The van der Waals surface area contributed by atoms with Gasteiger partial charge in [-0.25, -0.2) is 0 Å². The molecule has 0 spiro atoms. The standard InChI is InChI=1S/C17H14Cl2F2N2O3/c18-13-6-22-7-14(19)15(13)23-16(24)10-3-11(25-8-9-1-2-9)5-12(4-10)26-17(20)21/h3-7,9,17H,1-2,8H2,(H,22,23,24). The fraction of sp³-hybridized carbons (Fsp3) is 0.294. The Hall–Kier alpha value is -2.12. The fourth-order valence-electron chi connectivity index (χ4n) is 2.17. The smallest absolute Gasteiger partial charge is 0.387 e. The third kappa shape index (κ3) is 4.95. The highest BCUT2D eigenvalue weighted by molar-refractivity contribution is 6.39. The molecule has 1 aliphatic carbocycles. The maximum absolute atomic E-state index is 12.6. The van der Waals surface area contributed by atoms with Crippen molar-refractivity contribution in [3.63, 3.8) is 0 Å². The molecule has 5 nitrogen and oxygen atoms in total. The van der Waals surface area contributed by atoms with E-state index >= 15 is 0 Å². The lowest BCUT2D eigenvalue weighted by Gasteiger charge is -2.13. The van der Waals surface area contributed by atoms with Gasteiger partial charge in [0.1, 0.15) is 11.5 Å². The summed E-state index contributed by atoms with van der Waals surface area (Å²) in [4.78, 5) is 16.3. The third-order valence-corrected chi connectivity index (χ3v) is 4.22. The highest BCUT2D eigenvalue weighted by Crippen LogP contribution is 2.32. The van der Waals surface area contributed by atoms with E-state index in [1.165, 1.54) is 30.6 Å². The highest BCUT2D eigenvalue weighted by Gasteiger charge is 2.22. The normalized spacial score (nSPS) is 13.6. The summed E-state index contributed by atoms with van der Waals surface area (Å²) in [5, 5.41) is 2.84. The molecule has 1 aromatic heterocycles. The second kappa shape index (κ2) is 8.05. The van der Waals surface area contributed by atoms with Crippen LogP contribution < -0.4 is 14.8 Å². The Kier molecular flexibility index (Phi) is 5.78. The number of amides is 1. The number of benzene rings is 1. The molecule has 1 heterocycles. The summed E-state index contributed by atoms with van der Waals surface area (Å²) in [5.41, 5.74) is 0.242. The van der Waals surface area contributed by atoms with Gasteiger partial charge in [-0.05, 0) is 30.9 Å². The summed E-state index contributed by atoms with van der Waals surface area (Å²) >= 11 is 11.9. The number of halogens is 4. The molecule has 3 rings (SSSR count). The molecule has 0 aliphatic heterocycles. The van der Waals surface area contributed by atoms with Crippen LogP contribution in [0.2, 0.25) is 10.0 Å². The topological polar surface area (TPSA) is 60.5 Å². The van der Waals surface area contributed by atoms with Crippen molar-refractivity contribution < 1.29 is 23.0 Å². The lowest BCUT2D eigenvalue weighted by atomic mass is 10.2. The van der Waals surface area contributed by atoms with Crippen LogP contribution in [0.25, 0.3) is 0 Å². The summed E-state index contributed by atoms with van der Waals surface area (Å²) in [7, 11) is 0. The van der Waals surface area contributed by atoms with Crippen LogP contribution in [-0.2, 0) is 0 Å². The minimum absolute atomic E-state index is 0.0675. The molecule has 1 aliphatic rings. The maximum atomic E-state index is 12.6. The Morgan fingerprint density at radius 1 is 1.19 bits per heavy atom. The average molecular weight is 403 g/mol. The van der Waals surface area contributed by atoms with E-state index in [1.54, 1.807) is 0 Å². The predicted octanol–water partition coefficient (Wildman–Crippen LogP) is 5.03. The first kappa shape index (κ1) is 18.7. The molecule has 26 heavy (non-hydrogen) atoms. The molecule has 2 aromatic rings. The summed E-state index contributed by atoms with van der Waals surface area (Å²) < 4.78 is 35.1. The van der Waals surface area contributed by atoms with Gasteiger partial charge < -0.3 is 14.8 Å². The van der Waals surface area contributed by atoms with E-state index in [9.17, 15) is 13.6 Å². The Morgan fingerprint density at radius 2 is 1.85 bits per heavy atom. The Labute approximate surface area is 158 Å². The number of carbonyl (C=O) groups is 1. The minimum Gasteiger partial charge on any atom is -0.493 e. The second-order valence-corrected chi connectivity index (χ2v) is 6.57. The van der Waals surface area contributed by atoms with Crippen LogP contribution in [-0.4, -0.2) is 24.1 Å². The fourth-order valence-corrected chi connectivity index (χ4v) is 2.63. The number of carbonyl (C=O) groups excluding carboxylic acids is 1. The van der Waals surface area contributed by atoms with Gasteiger partial charge >= 0.3 is 6.61 Å². The van der Waals surface area contributed by atoms with Crippen LogP contribution in [0, 0.1) is 5.92 Å². The van der Waals surface area contributed by atoms with Crippen LogP contribution in [0.1, 0.15) is 23.2 Å². The summed E-state index contributed by atoms with van der Waals surface area (Å²) in [5.74, 6) is -0.0464. The molecule has 0 unspecified atom stereocenters. The lowest BCUT2D eigenvalue weighted by molar-refractivity contribution is -0.0499. The highest BCUT2D eigenvalue weighted by atomic mass is 35.5. The van der Waals surface area contributed by atoms with Crippen molar-refractivity contribution in [1.29, 1.82) is 0 Å². The zero-order chi connectivity index (χ0) is 18.7. The van der Waals surface area contributed by atoms with Gasteiger partial charge in [0.05, 0.1) is 22.3 Å². The van der Waals surface area contributed by atoms with E-state index < -0.39 is 12.5 Å². The number of alkyl halides is 2. The molecule has 1 aromatic carbocycles. The van der Waals surface area contributed by atoms with Crippen LogP contribution in [0.3, 0.4) is 0 Å². The van der Waals surface area contributed by atoms with Crippen molar-refractivity contribution in [3.8, 4) is 11.5 Å². The number of hydrogen-bond donors (Lipinski definition) is 1. The molecule has 0 bridgehead atoms. The Balaban J connectivity index is 1.83. The predicted molar refractivity (Wildman–Crippen MR) is 93.5 cm³/mol. The van der Waals surface area contributed by atoms with Crippen molar-refractivity contribution in [3.05, 3.63) is 46.2 Å². The molecule has 0 atom stereocenters. The Bertz CT molecular complexity index is 796. The van der Waals surface area contributed by atoms with E-state index in [4.69, 9.17) is 27.9 Å². The van der Waals surface area contributed by atoms with Gasteiger partial charge in [-0.3, -0.25) is 9.78 Å². The molecule has 1 fully saturated rings. The zero-order valence-corrected chi connectivity index (χ0v) is 14.9. The first-order chi connectivity index (χ1) is 12.4. The van der Waals surface area contributed by atoms with Crippen molar-refractivity contribution in [2.24, 2.45) is 5.92 Å². The minimum atomic E-state index is -3.02. The van der Waals surface area contributed by atoms with E-state index in [-0.39, 0.29) is 32.8 Å². The number of anilines is 1. The van der Waals surface area contributed by atoms with Crippen molar-refractivity contribution >= 4 is 34.8 Å². The van der Waals surface area contributed by atoms with E-state index in [0.29, 0.717) is 12.5 Å². The SMILES string of the molecule is O=C(Nc1c(Cl)cncc1Cl)c1cc(OCC2CC2)cc(OC(F)F)c1. The number of aromatic nitrogens is 1. The molecule has 138 valence electrons. The quantitative estimate of drug-likeness (QED) is 0.705. The monoisotopic (exact) mass is 402 g/mol. The molecule has 9 heteroatoms. The number of nitrogens with zero attached hydrogens (tertiary/aromatic N) is 1. The average Bonchev–Trinajstić information content (AvgIpc) is 3.40. The van der Waals surface area contributed by atoms with Crippen molar-refractivity contribution in [2.45, 2.75) is 19.5 Å². The number of hydrogen-bond acceptors (Lipinski definition) is 4. The van der Waals surface area contributed by atoms with Crippen LogP contribution >= 0.6 is 23.2 Å². The number of pyridine rings is 1. The van der Waals surface area contributed by atoms with Crippen molar-refractivity contribution in [1.82, 2.24) is 4.98 Å². The Morgan fingerprint density at radius 3 is 2.46 bits per heavy atom. The zero-order valence-electron chi connectivity index (χ0n) is 13.3. The molecular formula is C17H14Cl2F2N2O3. The van der Waals surface area contributed by atoms with E-state index in [2.05, 4.69) is 15.0 Å². The number of ether oxygens (including phenoxy) is 2. The van der Waals surface area contributed by atoms with Crippen LogP contribution in [0.5, 0.6) is 11.5 Å². The van der Waals surface area contributed by atoms with Gasteiger partial charge in [-0.15, -0.1) is 0 Å². The molecule has 1 N–H and O–H groups in total. The molecule has 0 radical (unpaired) electrons. The number of rotatable bonds is 7. The summed E-state index contributed by atoms with van der Waals surface area (Å²) in [6.07, 6.45) is 4.78.